The molecule has 0 amide bonds. The van der Waals surface area contributed by atoms with Gasteiger partial charge in [-0.25, -0.2) is 13.8 Å². The summed E-state index contributed by atoms with van der Waals surface area (Å²) in [7, 11) is 0. The Labute approximate surface area is 197 Å². The number of hydrogen-bond acceptors (Lipinski definition) is 4. The lowest BCUT2D eigenvalue weighted by Gasteiger charge is -2.15. The quantitative estimate of drug-likeness (QED) is 0.283. The summed E-state index contributed by atoms with van der Waals surface area (Å²) in [6, 6.07) is 15.9. The van der Waals surface area contributed by atoms with Crippen LogP contribution in [0.1, 0.15) is 23.9 Å². The van der Waals surface area contributed by atoms with Crippen molar-refractivity contribution in [2.75, 3.05) is 6.61 Å². The lowest BCUT2D eigenvalue weighted by Crippen LogP contribution is -2.01. The van der Waals surface area contributed by atoms with Gasteiger partial charge in [-0.05, 0) is 82.5 Å². The van der Waals surface area contributed by atoms with E-state index in [0.717, 1.165) is 5.56 Å². The van der Waals surface area contributed by atoms with Gasteiger partial charge >= 0.3 is 0 Å². The van der Waals surface area contributed by atoms with Crippen molar-refractivity contribution in [3.63, 3.8) is 0 Å². The normalized spacial score (nSPS) is 11.4. The maximum Gasteiger partial charge on any atom is 0.175 e. The number of hydrogen-bond donors (Lipinski definition) is 1. The number of nitriles is 1. The topological polar surface area (TPSA) is 70.9 Å². The number of H-pyrrole nitrogens is 1. The first kappa shape index (κ1) is 22.5. The van der Waals surface area contributed by atoms with Crippen molar-refractivity contribution < 1.29 is 18.3 Å². The molecule has 1 aromatic heterocycles. The second-order valence-corrected chi connectivity index (χ2v) is 7.95. The van der Waals surface area contributed by atoms with Crippen LogP contribution in [-0.2, 0) is 6.61 Å². The molecule has 0 atom stereocenters. The molecule has 0 bridgehead atoms. The number of imidazole rings is 1. The Balaban J connectivity index is 1.65. The molecule has 0 aliphatic heterocycles. The van der Waals surface area contributed by atoms with E-state index in [2.05, 4.69) is 32.0 Å². The fourth-order valence-electron chi connectivity index (χ4n) is 3.24. The molecule has 0 saturated carbocycles. The molecule has 3 aromatic carbocycles. The molecule has 0 fully saturated rings. The lowest BCUT2D eigenvalue weighted by atomic mass is 10.1. The first-order valence-electron chi connectivity index (χ1n) is 10.1. The molecule has 1 N–H and O–H groups in total. The second-order valence-electron chi connectivity index (χ2n) is 7.09. The predicted molar refractivity (Wildman–Crippen MR) is 126 cm³/mol. The van der Waals surface area contributed by atoms with E-state index in [9.17, 15) is 14.0 Å². The Morgan fingerprint density at radius 3 is 2.58 bits per heavy atom. The third kappa shape index (κ3) is 5.21. The Bertz CT molecular complexity index is 1380. The van der Waals surface area contributed by atoms with Gasteiger partial charge in [-0.15, -0.1) is 0 Å². The van der Waals surface area contributed by atoms with Gasteiger partial charge < -0.3 is 14.5 Å². The van der Waals surface area contributed by atoms with Gasteiger partial charge in [0.2, 0.25) is 0 Å². The van der Waals surface area contributed by atoms with Crippen LogP contribution in [0.15, 0.2) is 59.1 Å². The smallest absolute Gasteiger partial charge is 0.175 e. The minimum atomic E-state index is -0.387. The van der Waals surface area contributed by atoms with E-state index in [4.69, 9.17) is 9.47 Å². The van der Waals surface area contributed by atoms with Crippen LogP contribution in [0.25, 0.3) is 22.7 Å². The maximum absolute atomic E-state index is 13.5. The summed E-state index contributed by atoms with van der Waals surface area (Å²) >= 11 is 3.52. The number of aromatic nitrogens is 2. The highest BCUT2D eigenvalue weighted by Crippen LogP contribution is 2.38. The average Bonchev–Trinajstić information content (AvgIpc) is 3.21. The lowest BCUT2D eigenvalue weighted by molar-refractivity contribution is 0.267. The van der Waals surface area contributed by atoms with Gasteiger partial charge in [0, 0.05) is 0 Å². The third-order valence-electron chi connectivity index (χ3n) is 4.76. The zero-order valence-electron chi connectivity index (χ0n) is 17.5. The molecule has 0 radical (unpaired) electrons. The minimum Gasteiger partial charge on any atom is -0.490 e. The first-order valence-corrected chi connectivity index (χ1v) is 10.9. The standard InChI is InChI=1S/C25H18BrF2N3O2/c1-2-32-23-11-16(10-20(26)24(23)33-14-15-3-5-18(27)6-4-15)9-17(13-29)25-30-21-8-7-19(28)12-22(21)31-25/h3-12H,2,14H2,1H3,(H,30,31)/b17-9-. The minimum absolute atomic E-state index is 0.229. The van der Waals surface area contributed by atoms with E-state index < -0.39 is 0 Å². The fraction of sp³-hybridized carbons (Fsp3) is 0.120. The Morgan fingerprint density at radius 2 is 1.85 bits per heavy atom. The van der Waals surface area contributed by atoms with Gasteiger partial charge in [-0.1, -0.05) is 12.1 Å². The molecular formula is C25H18BrF2N3O2. The zero-order chi connectivity index (χ0) is 23.4. The molecule has 5 nitrogen and oxygen atoms in total. The van der Waals surface area contributed by atoms with Crippen LogP contribution >= 0.6 is 15.9 Å². The zero-order valence-corrected chi connectivity index (χ0v) is 19.1. The number of fused-ring (bicyclic) bond motifs is 1. The van der Waals surface area contributed by atoms with Gasteiger partial charge in [-0.3, -0.25) is 0 Å². The molecule has 0 saturated heterocycles. The van der Waals surface area contributed by atoms with E-state index in [1.165, 1.54) is 24.3 Å². The summed E-state index contributed by atoms with van der Waals surface area (Å²) in [5.41, 5.74) is 2.84. The van der Waals surface area contributed by atoms with Crippen molar-refractivity contribution in [1.29, 1.82) is 5.26 Å². The number of aromatic amines is 1. The van der Waals surface area contributed by atoms with E-state index in [-0.39, 0.29) is 23.8 Å². The van der Waals surface area contributed by atoms with Crippen LogP contribution in [0, 0.1) is 23.0 Å². The van der Waals surface area contributed by atoms with Crippen LogP contribution in [0.5, 0.6) is 11.5 Å². The number of ether oxygens (including phenoxy) is 2. The summed E-state index contributed by atoms with van der Waals surface area (Å²) in [5.74, 6) is 0.625. The molecule has 8 heteroatoms. The van der Waals surface area contributed by atoms with Gasteiger partial charge in [0.1, 0.15) is 30.1 Å². The van der Waals surface area contributed by atoms with Crippen molar-refractivity contribution in [2.45, 2.75) is 13.5 Å². The van der Waals surface area contributed by atoms with Crippen molar-refractivity contribution in [3.8, 4) is 17.6 Å². The number of allylic oxidation sites excluding steroid dienone is 1. The molecule has 166 valence electrons. The number of rotatable bonds is 7. The maximum atomic E-state index is 13.5. The largest absolute Gasteiger partial charge is 0.490 e. The molecule has 0 spiro atoms. The van der Waals surface area contributed by atoms with Crippen molar-refractivity contribution in [1.82, 2.24) is 9.97 Å². The summed E-state index contributed by atoms with van der Waals surface area (Å²) in [5, 5.41) is 9.70. The van der Waals surface area contributed by atoms with Gasteiger partial charge in [-0.2, -0.15) is 5.26 Å². The highest BCUT2D eigenvalue weighted by atomic mass is 79.9. The molecule has 1 heterocycles. The monoisotopic (exact) mass is 509 g/mol. The van der Waals surface area contributed by atoms with Gasteiger partial charge in [0.05, 0.1) is 27.7 Å². The average molecular weight is 510 g/mol. The van der Waals surface area contributed by atoms with Crippen molar-refractivity contribution in [3.05, 3.63) is 87.7 Å². The second kappa shape index (κ2) is 9.84. The van der Waals surface area contributed by atoms with Gasteiger partial charge in [0.15, 0.2) is 11.5 Å². The number of benzene rings is 3. The van der Waals surface area contributed by atoms with Gasteiger partial charge in [0.25, 0.3) is 0 Å². The molecule has 4 rings (SSSR count). The van der Waals surface area contributed by atoms with Crippen LogP contribution in [0.2, 0.25) is 0 Å². The van der Waals surface area contributed by atoms with E-state index in [0.29, 0.717) is 45.0 Å². The summed E-state index contributed by atoms with van der Waals surface area (Å²) in [6.07, 6.45) is 1.66. The number of halogens is 3. The number of nitrogens with zero attached hydrogens (tertiary/aromatic N) is 2. The highest BCUT2D eigenvalue weighted by molar-refractivity contribution is 9.10. The van der Waals surface area contributed by atoms with E-state index >= 15 is 0 Å². The third-order valence-corrected chi connectivity index (χ3v) is 5.35. The van der Waals surface area contributed by atoms with Crippen molar-refractivity contribution >= 4 is 38.6 Å². The van der Waals surface area contributed by atoms with Crippen LogP contribution < -0.4 is 9.47 Å². The number of nitrogens with one attached hydrogen (secondary N) is 1. The molecule has 0 aliphatic carbocycles. The fourth-order valence-corrected chi connectivity index (χ4v) is 3.81. The summed E-state index contributed by atoms with van der Waals surface area (Å²) in [4.78, 5) is 7.36. The Kier molecular flexibility index (Phi) is 6.71. The summed E-state index contributed by atoms with van der Waals surface area (Å²) in [6.45, 7) is 2.49. The van der Waals surface area contributed by atoms with Crippen LogP contribution in [0.3, 0.4) is 0 Å². The SMILES string of the molecule is CCOc1cc(/C=C(/C#N)c2nc3ccc(F)cc3[nH]2)cc(Br)c1OCc1ccc(F)cc1. The highest BCUT2D eigenvalue weighted by Gasteiger charge is 2.14. The summed E-state index contributed by atoms with van der Waals surface area (Å²) < 4.78 is 38.9. The van der Waals surface area contributed by atoms with Crippen LogP contribution in [-0.4, -0.2) is 16.6 Å². The van der Waals surface area contributed by atoms with Crippen LogP contribution in [0.4, 0.5) is 8.78 Å². The van der Waals surface area contributed by atoms with Crippen molar-refractivity contribution in [2.24, 2.45) is 0 Å². The molecule has 0 aliphatic rings. The molecule has 4 aromatic rings. The molecule has 33 heavy (non-hydrogen) atoms. The Hall–Kier alpha value is -3.70. The molecule has 0 unspecified atom stereocenters. The molecular weight excluding hydrogens is 492 g/mol. The Morgan fingerprint density at radius 1 is 1.09 bits per heavy atom. The van der Waals surface area contributed by atoms with E-state index in [1.807, 2.05) is 6.92 Å². The predicted octanol–water partition coefficient (Wildman–Crippen LogP) is 6.65. The first-order chi connectivity index (χ1) is 16.0. The van der Waals surface area contributed by atoms with E-state index in [1.54, 1.807) is 36.4 Å².